The standard InChI is InChI=1S/C19H28FNO5S/c1-5-27(23,24)25-13-15-12-21(18(22)26-19(2,3)4)11-10-17(15)14-6-8-16(20)9-7-14/h6-9,15,17H,5,10-13H2,1-4H3/t15-,17+/m1/s1. The Hall–Kier alpha value is -1.67. The van der Waals surface area contributed by atoms with Gasteiger partial charge in [0.25, 0.3) is 10.1 Å². The van der Waals surface area contributed by atoms with E-state index in [0.717, 1.165) is 5.56 Å². The van der Waals surface area contributed by atoms with Crippen LogP contribution in [0.3, 0.4) is 0 Å². The van der Waals surface area contributed by atoms with Crippen LogP contribution in [0.4, 0.5) is 9.18 Å². The van der Waals surface area contributed by atoms with E-state index in [2.05, 4.69) is 0 Å². The molecule has 0 aromatic heterocycles. The third kappa shape index (κ3) is 6.46. The minimum absolute atomic E-state index is 0.0302. The van der Waals surface area contributed by atoms with Crippen molar-refractivity contribution in [3.63, 3.8) is 0 Å². The van der Waals surface area contributed by atoms with E-state index in [9.17, 15) is 17.6 Å². The number of nitrogens with zero attached hydrogens (tertiary/aromatic N) is 1. The summed E-state index contributed by atoms with van der Waals surface area (Å²) in [5, 5.41) is 0. The highest BCUT2D eigenvalue weighted by atomic mass is 32.2. The van der Waals surface area contributed by atoms with E-state index in [1.807, 2.05) is 0 Å². The molecule has 0 saturated carbocycles. The molecule has 0 radical (unpaired) electrons. The van der Waals surface area contributed by atoms with Crippen molar-refractivity contribution < 1.29 is 26.5 Å². The van der Waals surface area contributed by atoms with Gasteiger partial charge in [0.15, 0.2) is 0 Å². The molecular formula is C19H28FNO5S. The Kier molecular flexibility index (Phi) is 6.86. The fraction of sp³-hybridized carbons (Fsp3) is 0.632. The van der Waals surface area contributed by atoms with E-state index in [1.165, 1.54) is 19.1 Å². The van der Waals surface area contributed by atoms with E-state index in [0.29, 0.717) is 19.5 Å². The minimum atomic E-state index is -3.59. The van der Waals surface area contributed by atoms with Crippen LogP contribution in [0.15, 0.2) is 24.3 Å². The molecule has 0 N–H and O–H groups in total. The lowest BCUT2D eigenvalue weighted by molar-refractivity contribution is 0.0114. The van der Waals surface area contributed by atoms with Gasteiger partial charge < -0.3 is 9.64 Å². The van der Waals surface area contributed by atoms with Crippen LogP contribution >= 0.6 is 0 Å². The van der Waals surface area contributed by atoms with Gasteiger partial charge in [-0.3, -0.25) is 4.18 Å². The Labute approximate surface area is 160 Å². The maximum atomic E-state index is 13.3. The second kappa shape index (κ2) is 8.56. The predicted octanol–water partition coefficient (Wildman–Crippen LogP) is 3.53. The number of hydrogen-bond donors (Lipinski definition) is 0. The SMILES string of the molecule is CCS(=O)(=O)OC[C@H]1CN(C(=O)OC(C)(C)C)CC[C@H]1c1ccc(F)cc1. The zero-order valence-corrected chi connectivity index (χ0v) is 17.1. The zero-order valence-electron chi connectivity index (χ0n) is 16.3. The number of ether oxygens (including phenoxy) is 1. The molecule has 0 unspecified atom stereocenters. The molecule has 1 aliphatic heterocycles. The highest BCUT2D eigenvalue weighted by Gasteiger charge is 2.35. The minimum Gasteiger partial charge on any atom is -0.444 e. The fourth-order valence-corrected chi connectivity index (χ4v) is 3.67. The summed E-state index contributed by atoms with van der Waals surface area (Å²) in [6.07, 6.45) is 0.189. The molecule has 2 atom stereocenters. The lowest BCUT2D eigenvalue weighted by Crippen LogP contribution is -2.46. The summed E-state index contributed by atoms with van der Waals surface area (Å²) in [5.41, 5.74) is 0.297. The molecule has 1 aliphatic rings. The molecule has 1 fully saturated rings. The number of rotatable bonds is 5. The van der Waals surface area contributed by atoms with Crippen LogP contribution in [0, 0.1) is 11.7 Å². The topological polar surface area (TPSA) is 72.9 Å². The Morgan fingerprint density at radius 3 is 2.44 bits per heavy atom. The van der Waals surface area contributed by atoms with Gasteiger partial charge in [-0.2, -0.15) is 8.42 Å². The molecule has 1 amide bonds. The first-order chi connectivity index (χ1) is 12.5. The van der Waals surface area contributed by atoms with E-state index in [-0.39, 0.29) is 30.0 Å². The van der Waals surface area contributed by atoms with E-state index < -0.39 is 21.8 Å². The first-order valence-electron chi connectivity index (χ1n) is 9.11. The quantitative estimate of drug-likeness (QED) is 0.706. The molecule has 152 valence electrons. The van der Waals surface area contributed by atoms with Crippen LogP contribution in [0.2, 0.25) is 0 Å². The third-order valence-corrected chi connectivity index (χ3v) is 5.70. The number of amides is 1. The van der Waals surface area contributed by atoms with Crippen molar-refractivity contribution in [1.29, 1.82) is 0 Å². The highest BCUT2D eigenvalue weighted by molar-refractivity contribution is 7.86. The molecule has 0 spiro atoms. The number of piperidine rings is 1. The fourth-order valence-electron chi connectivity index (χ4n) is 3.12. The van der Waals surface area contributed by atoms with Crippen LogP contribution in [0.25, 0.3) is 0 Å². The summed E-state index contributed by atoms with van der Waals surface area (Å²) in [4.78, 5) is 14.0. The summed E-state index contributed by atoms with van der Waals surface area (Å²) < 4.78 is 47.3. The third-order valence-electron chi connectivity index (χ3n) is 4.50. The number of likely N-dealkylation sites (tertiary alicyclic amines) is 1. The molecule has 0 bridgehead atoms. The molecule has 0 aliphatic carbocycles. The molecule has 1 aromatic carbocycles. The summed E-state index contributed by atoms with van der Waals surface area (Å²) in [5.74, 6) is -0.711. The van der Waals surface area contributed by atoms with Gasteiger partial charge in [0.1, 0.15) is 11.4 Å². The summed E-state index contributed by atoms with van der Waals surface area (Å²) in [6, 6.07) is 6.17. The summed E-state index contributed by atoms with van der Waals surface area (Å²) in [7, 11) is -3.59. The lowest BCUT2D eigenvalue weighted by atomic mass is 9.81. The smallest absolute Gasteiger partial charge is 0.410 e. The molecule has 2 rings (SSSR count). The predicted molar refractivity (Wildman–Crippen MR) is 100 cm³/mol. The van der Waals surface area contributed by atoms with Crippen molar-refractivity contribution in [1.82, 2.24) is 4.90 Å². The van der Waals surface area contributed by atoms with E-state index in [4.69, 9.17) is 8.92 Å². The average molecular weight is 402 g/mol. The molecule has 6 nitrogen and oxygen atoms in total. The van der Waals surface area contributed by atoms with Gasteiger partial charge in [-0.25, -0.2) is 9.18 Å². The molecular weight excluding hydrogens is 373 g/mol. The van der Waals surface area contributed by atoms with Gasteiger partial charge in [0.05, 0.1) is 12.4 Å². The van der Waals surface area contributed by atoms with Gasteiger partial charge in [-0.15, -0.1) is 0 Å². The summed E-state index contributed by atoms with van der Waals surface area (Å²) in [6.45, 7) is 7.67. The van der Waals surface area contributed by atoms with Crippen molar-refractivity contribution in [3.05, 3.63) is 35.6 Å². The van der Waals surface area contributed by atoms with Crippen molar-refractivity contribution in [2.75, 3.05) is 25.4 Å². The normalized spacial score (nSPS) is 21.1. The monoisotopic (exact) mass is 401 g/mol. The van der Waals surface area contributed by atoms with Gasteiger partial charge in [0, 0.05) is 19.0 Å². The zero-order chi connectivity index (χ0) is 20.2. The molecule has 8 heteroatoms. The highest BCUT2D eigenvalue weighted by Crippen LogP contribution is 2.34. The average Bonchev–Trinajstić information content (AvgIpc) is 2.59. The number of halogens is 1. The van der Waals surface area contributed by atoms with E-state index >= 15 is 0 Å². The Bertz CT molecular complexity index is 742. The van der Waals surface area contributed by atoms with Gasteiger partial charge in [-0.1, -0.05) is 12.1 Å². The second-order valence-corrected chi connectivity index (χ2v) is 9.69. The van der Waals surface area contributed by atoms with Crippen LogP contribution in [-0.4, -0.2) is 50.5 Å². The molecule has 1 aromatic rings. The Morgan fingerprint density at radius 2 is 1.89 bits per heavy atom. The van der Waals surface area contributed by atoms with Crippen molar-refractivity contribution >= 4 is 16.2 Å². The van der Waals surface area contributed by atoms with Gasteiger partial charge >= 0.3 is 6.09 Å². The lowest BCUT2D eigenvalue weighted by Gasteiger charge is -2.39. The van der Waals surface area contributed by atoms with Gasteiger partial charge in [-0.05, 0) is 57.7 Å². The first-order valence-corrected chi connectivity index (χ1v) is 10.7. The van der Waals surface area contributed by atoms with Crippen LogP contribution < -0.4 is 0 Å². The Morgan fingerprint density at radius 1 is 1.26 bits per heavy atom. The van der Waals surface area contributed by atoms with Crippen LogP contribution in [0.1, 0.15) is 45.6 Å². The number of benzene rings is 1. The summed E-state index contributed by atoms with van der Waals surface area (Å²) >= 11 is 0. The maximum Gasteiger partial charge on any atom is 0.410 e. The first kappa shape index (κ1) is 21.6. The van der Waals surface area contributed by atoms with Crippen LogP contribution in [-0.2, 0) is 19.0 Å². The molecule has 27 heavy (non-hydrogen) atoms. The number of carbonyl (C=O) groups excluding carboxylic acids is 1. The van der Waals surface area contributed by atoms with Crippen molar-refractivity contribution in [2.45, 2.75) is 45.6 Å². The molecule has 1 saturated heterocycles. The van der Waals surface area contributed by atoms with Crippen molar-refractivity contribution in [3.8, 4) is 0 Å². The number of carbonyl (C=O) groups is 1. The second-order valence-electron chi connectivity index (χ2n) is 7.76. The number of hydrogen-bond acceptors (Lipinski definition) is 5. The van der Waals surface area contributed by atoms with Crippen LogP contribution in [0.5, 0.6) is 0 Å². The Balaban J connectivity index is 2.17. The van der Waals surface area contributed by atoms with E-state index in [1.54, 1.807) is 37.8 Å². The van der Waals surface area contributed by atoms with Crippen molar-refractivity contribution in [2.24, 2.45) is 5.92 Å². The largest absolute Gasteiger partial charge is 0.444 e. The maximum absolute atomic E-state index is 13.3. The van der Waals surface area contributed by atoms with Gasteiger partial charge in [0.2, 0.25) is 0 Å². The molecule has 1 heterocycles.